The van der Waals surface area contributed by atoms with Gasteiger partial charge in [-0.3, -0.25) is 34.2 Å². The van der Waals surface area contributed by atoms with E-state index in [1.807, 2.05) is 12.1 Å². The number of carbonyl (C=O) groups is 3. The highest BCUT2D eigenvalue weighted by atomic mass is 35.5. The zero-order chi connectivity index (χ0) is 29.4. The smallest absolute Gasteiger partial charge is 0.323 e. The van der Waals surface area contributed by atoms with Crippen molar-refractivity contribution in [3.05, 3.63) is 83.3 Å². The first-order valence-electron chi connectivity index (χ1n) is 13.2. The van der Waals surface area contributed by atoms with Gasteiger partial charge in [0.2, 0.25) is 11.8 Å². The number of amides is 2. The number of thiazole rings is 1. The lowest BCUT2D eigenvalue weighted by molar-refractivity contribution is -0.385. The third kappa shape index (κ3) is 4.08. The van der Waals surface area contributed by atoms with Crippen LogP contribution in [-0.2, 0) is 21.0 Å². The summed E-state index contributed by atoms with van der Waals surface area (Å²) in [7, 11) is 0. The van der Waals surface area contributed by atoms with Gasteiger partial charge in [-0.2, -0.15) is 0 Å². The van der Waals surface area contributed by atoms with Crippen LogP contribution in [0.25, 0.3) is 0 Å². The standard InChI is InChI=1S/C28H22ClN3O8S2/c29-16-4-2-1-3-11(16)10-40-17-6-5-12(32(38)39)7-13(17)19-20-14-8-15(23(20)41-25-24(19)42-28(37)30-25)22-21(14)26(35)31(27(22)36)9-18(33)34/h1-7,14-15,19-23H,8-10H2,(H,30,37)(H,33,34)/t14-,15-,19-,20-,21+,22-,23-/m1/s1. The number of fused-ring (bicyclic) bond motifs is 9. The fourth-order valence-corrected chi connectivity index (χ4v) is 10.6. The number of benzene rings is 2. The zero-order valence-electron chi connectivity index (χ0n) is 21.6. The number of carbonyl (C=O) groups excluding carboxylic acids is 2. The van der Waals surface area contributed by atoms with E-state index in [4.69, 9.17) is 16.3 Å². The lowest BCUT2D eigenvalue weighted by Crippen LogP contribution is -2.42. The summed E-state index contributed by atoms with van der Waals surface area (Å²) in [5, 5.41) is 22.2. The molecule has 0 spiro atoms. The van der Waals surface area contributed by atoms with Gasteiger partial charge in [-0.25, -0.2) is 0 Å². The lowest BCUT2D eigenvalue weighted by Gasteiger charge is -2.43. The molecule has 11 nitrogen and oxygen atoms in total. The van der Waals surface area contributed by atoms with Crippen molar-refractivity contribution in [2.75, 3.05) is 6.54 Å². The molecule has 3 aromatic rings. The number of nitrogens with zero attached hydrogens (tertiary/aromatic N) is 2. The van der Waals surface area contributed by atoms with Crippen molar-refractivity contribution < 1.29 is 29.2 Å². The number of aliphatic carboxylic acids is 1. The van der Waals surface area contributed by atoms with Crippen LogP contribution in [0.2, 0.25) is 5.02 Å². The Labute approximate surface area is 251 Å². The number of rotatable bonds is 7. The van der Waals surface area contributed by atoms with E-state index in [9.17, 15) is 34.4 Å². The molecular weight excluding hydrogens is 606 g/mol. The Bertz CT molecular complexity index is 1740. The number of carboxylic acids is 1. The molecule has 2 N–H and O–H groups in total. The second-order valence-electron chi connectivity index (χ2n) is 11.0. The molecule has 2 aliphatic heterocycles. The monoisotopic (exact) mass is 627 g/mol. The van der Waals surface area contributed by atoms with E-state index < -0.39 is 47.0 Å². The molecule has 14 heteroatoms. The Kier molecular flexibility index (Phi) is 6.44. The van der Waals surface area contributed by atoms with Crippen LogP contribution in [0.15, 0.2) is 52.3 Å². The summed E-state index contributed by atoms with van der Waals surface area (Å²) in [4.78, 5) is 66.4. The van der Waals surface area contributed by atoms with Gasteiger partial charge in [0.15, 0.2) is 0 Å². The summed E-state index contributed by atoms with van der Waals surface area (Å²) in [6.07, 6.45) is 0.594. The van der Waals surface area contributed by atoms with Gasteiger partial charge >= 0.3 is 10.8 Å². The van der Waals surface area contributed by atoms with Gasteiger partial charge in [0.1, 0.15) is 18.9 Å². The maximum Gasteiger partial charge on any atom is 0.323 e. The average molecular weight is 628 g/mol. The minimum absolute atomic E-state index is 0.101. The average Bonchev–Trinajstić information content (AvgIpc) is 3.68. The molecule has 1 saturated heterocycles. The van der Waals surface area contributed by atoms with Gasteiger partial charge in [0, 0.05) is 44.3 Å². The Morgan fingerprint density at radius 2 is 1.88 bits per heavy atom. The van der Waals surface area contributed by atoms with Crippen molar-refractivity contribution in [2.45, 2.75) is 29.2 Å². The highest BCUT2D eigenvalue weighted by molar-refractivity contribution is 8.00. The highest BCUT2D eigenvalue weighted by Crippen LogP contribution is 2.69. The van der Waals surface area contributed by atoms with Crippen LogP contribution in [0.4, 0.5) is 5.69 Å². The maximum absolute atomic E-state index is 13.4. The largest absolute Gasteiger partial charge is 0.489 e. The Morgan fingerprint density at radius 1 is 1.14 bits per heavy atom. The van der Waals surface area contributed by atoms with Gasteiger partial charge in [-0.05, 0) is 36.3 Å². The van der Waals surface area contributed by atoms with Gasteiger partial charge in [-0.15, -0.1) is 11.8 Å². The number of ether oxygens (including phenoxy) is 1. The van der Waals surface area contributed by atoms with Crippen LogP contribution in [0.3, 0.4) is 0 Å². The molecule has 42 heavy (non-hydrogen) atoms. The number of aromatic nitrogens is 1. The molecule has 0 radical (unpaired) electrons. The Balaban J connectivity index is 1.33. The number of carboxylic acid groups (broad SMARTS) is 1. The van der Waals surface area contributed by atoms with Crippen LogP contribution in [0.5, 0.6) is 5.75 Å². The number of likely N-dealkylation sites (tertiary alicyclic amines) is 1. The fourth-order valence-electron chi connectivity index (χ4n) is 7.51. The van der Waals surface area contributed by atoms with E-state index in [0.29, 0.717) is 32.7 Å². The molecule has 2 bridgehead atoms. The van der Waals surface area contributed by atoms with E-state index in [0.717, 1.165) is 21.8 Å². The predicted molar refractivity (Wildman–Crippen MR) is 152 cm³/mol. The van der Waals surface area contributed by atoms with Crippen molar-refractivity contribution >= 4 is 58.2 Å². The van der Waals surface area contributed by atoms with E-state index >= 15 is 0 Å². The zero-order valence-corrected chi connectivity index (χ0v) is 24.0. The number of nitrogens with one attached hydrogen (secondary N) is 1. The molecule has 216 valence electrons. The van der Waals surface area contributed by atoms with Crippen molar-refractivity contribution in [2.24, 2.45) is 29.6 Å². The molecule has 2 aliphatic carbocycles. The molecular formula is C28H22ClN3O8S2. The molecule has 2 saturated carbocycles. The highest BCUT2D eigenvalue weighted by Gasteiger charge is 2.69. The Hall–Kier alpha value is -3.68. The number of halogens is 1. The molecule has 2 amide bonds. The number of hydrogen-bond donors (Lipinski definition) is 2. The molecule has 3 heterocycles. The van der Waals surface area contributed by atoms with Crippen LogP contribution in [0.1, 0.15) is 28.3 Å². The van der Waals surface area contributed by atoms with Crippen LogP contribution >= 0.6 is 34.7 Å². The molecule has 4 aliphatic rings. The summed E-state index contributed by atoms with van der Waals surface area (Å²) in [6, 6.07) is 11.6. The van der Waals surface area contributed by atoms with Gasteiger partial charge in [0.05, 0.1) is 21.8 Å². The minimum Gasteiger partial charge on any atom is -0.489 e. The summed E-state index contributed by atoms with van der Waals surface area (Å²) >= 11 is 8.84. The van der Waals surface area contributed by atoms with Crippen LogP contribution in [0, 0.1) is 39.7 Å². The van der Waals surface area contributed by atoms with Gasteiger partial charge in [0.25, 0.3) is 5.69 Å². The van der Waals surface area contributed by atoms with Crippen molar-refractivity contribution in [1.29, 1.82) is 0 Å². The molecule has 2 aromatic carbocycles. The van der Waals surface area contributed by atoms with Gasteiger partial charge in [-0.1, -0.05) is 41.1 Å². The molecule has 0 unspecified atom stereocenters. The topological polar surface area (TPSA) is 160 Å². The molecule has 1 aromatic heterocycles. The van der Waals surface area contributed by atoms with Gasteiger partial charge < -0.3 is 14.8 Å². The summed E-state index contributed by atoms with van der Waals surface area (Å²) in [5.41, 5.74) is 1.10. The SMILES string of the molecule is O=C(O)CN1C(=O)[C@@H]2[C@H]3C[C@@H]([C@@H]2C1=O)[C@@H]1[C@@H](c2cc([N+](=O)[O-])ccc2OCc2ccccc2Cl)c2sc(=O)[nH]c2S[C@H]31. The summed E-state index contributed by atoms with van der Waals surface area (Å²) < 4.78 is 6.24. The lowest BCUT2D eigenvalue weighted by atomic mass is 9.68. The number of nitro groups is 1. The number of hydrogen-bond acceptors (Lipinski definition) is 9. The van der Waals surface area contributed by atoms with Crippen LogP contribution in [-0.4, -0.2) is 49.5 Å². The normalized spacial score (nSPS) is 28.9. The first-order valence-corrected chi connectivity index (χ1v) is 15.3. The number of non-ortho nitro benzene ring substituents is 1. The second kappa shape index (κ2) is 9.96. The van der Waals surface area contributed by atoms with E-state index in [2.05, 4.69) is 4.98 Å². The maximum atomic E-state index is 13.4. The van der Waals surface area contributed by atoms with Crippen molar-refractivity contribution in [3.8, 4) is 5.75 Å². The van der Waals surface area contributed by atoms with Crippen molar-refractivity contribution in [1.82, 2.24) is 9.88 Å². The fraction of sp³-hybridized carbons (Fsp3) is 0.357. The summed E-state index contributed by atoms with van der Waals surface area (Å²) in [6.45, 7) is -0.578. The van der Waals surface area contributed by atoms with Crippen LogP contribution < -0.4 is 9.61 Å². The van der Waals surface area contributed by atoms with E-state index in [1.165, 1.54) is 23.9 Å². The first-order chi connectivity index (χ1) is 20.1. The number of thioether (sulfide) groups is 1. The molecule has 7 atom stereocenters. The minimum atomic E-state index is -1.26. The number of imide groups is 1. The first kappa shape index (κ1) is 27.2. The summed E-state index contributed by atoms with van der Waals surface area (Å²) in [5.74, 6) is -4.36. The van der Waals surface area contributed by atoms with Crippen molar-refractivity contribution in [3.63, 3.8) is 0 Å². The Morgan fingerprint density at radius 3 is 2.60 bits per heavy atom. The third-order valence-electron chi connectivity index (χ3n) is 8.99. The predicted octanol–water partition coefficient (Wildman–Crippen LogP) is 4.13. The quantitative estimate of drug-likeness (QED) is 0.223. The number of aromatic amines is 1. The molecule has 3 fully saturated rings. The van der Waals surface area contributed by atoms with E-state index in [1.54, 1.807) is 18.2 Å². The second-order valence-corrected chi connectivity index (χ2v) is 13.6. The van der Waals surface area contributed by atoms with E-state index in [-0.39, 0.29) is 40.2 Å². The number of nitro benzene ring substituents is 1. The molecule has 7 rings (SSSR count). The number of H-pyrrole nitrogens is 1. The third-order valence-corrected chi connectivity index (χ3v) is 11.9.